The van der Waals surface area contributed by atoms with Gasteiger partial charge in [-0.05, 0) is 120 Å². The molecule has 0 spiro atoms. The number of aliphatic hydroxyl groups excluding tert-OH is 2. The first-order chi connectivity index (χ1) is 28.5. The number of likely N-dealkylation sites (N-methyl/N-ethyl adjacent to an activating group) is 1. The fraction of sp³-hybridized carbons (Fsp3) is 0.545. The number of carbonyl (C=O) groups is 1. The number of anilines is 4. The molecular weight excluding hydrogens is 767 g/mol. The van der Waals surface area contributed by atoms with E-state index in [9.17, 15) is 20.1 Å². The van der Waals surface area contributed by atoms with Gasteiger partial charge >= 0.3 is 5.97 Å². The molecule has 3 atom stereocenters. The molecule has 5 aromatic rings. The van der Waals surface area contributed by atoms with Crippen LogP contribution in [0.1, 0.15) is 85.6 Å². The Labute approximate surface area is 348 Å². The average molecular weight is 822 g/mol. The van der Waals surface area contributed by atoms with Gasteiger partial charge in [0.05, 0.1) is 41.3 Å². The van der Waals surface area contributed by atoms with Gasteiger partial charge in [-0.1, -0.05) is 30.4 Å². The number of carboxylic acids is 1. The van der Waals surface area contributed by atoms with Gasteiger partial charge in [-0.25, -0.2) is 14.8 Å². The topological polar surface area (TPSA) is 175 Å². The molecule has 4 saturated carbocycles. The number of pyridine rings is 1. The van der Waals surface area contributed by atoms with Crippen LogP contribution in [-0.4, -0.2) is 107 Å². The smallest absolute Gasteiger partial charge is 0.355 e. The fourth-order valence-corrected chi connectivity index (χ4v) is 11.9. The van der Waals surface area contributed by atoms with Crippen molar-refractivity contribution in [3.8, 4) is 11.1 Å². The number of rotatable bonds is 16. The third kappa shape index (κ3) is 7.83. The molecular formula is C44H55N9O5S. The van der Waals surface area contributed by atoms with Crippen molar-refractivity contribution in [3.63, 3.8) is 0 Å². The number of carboxylic acid groups (broad SMARTS) is 1. The molecule has 4 fully saturated rings. The highest BCUT2D eigenvalue weighted by Gasteiger charge is 2.58. The first-order valence-corrected chi connectivity index (χ1v) is 22.0. The van der Waals surface area contributed by atoms with Gasteiger partial charge in [-0.15, -0.1) is 10.2 Å². The van der Waals surface area contributed by atoms with Crippen LogP contribution >= 0.6 is 11.3 Å². The number of nitrogens with zero attached hydrogens (tertiary/aromatic N) is 8. The molecule has 4 aliphatic carbocycles. The summed E-state index contributed by atoms with van der Waals surface area (Å²) in [6.45, 7) is 10.5. The molecule has 0 saturated heterocycles. The standard InChI is InChI=1S/C44H55N9O5S/c1-4-51(15-13-31(55)24-54)16-17-58-44-21-29-18-30(22-44)20-43(19-29,25-44)26-53-28(3)34(23-45-53)33-11-12-37(47-38(33)41(56)57)52-14-7-8-32-27(2)39(49-50-40(32)52)48-42-46-35-9-5-6-10-36(35)59-42/h5-6,9-12,23,29-31,54-55H,4,7-8,13-22,24-26H2,1-3H3,(H,56,57)(H,46,48,49)/t29?,30?,31-,43?,44?/m0/s1. The van der Waals surface area contributed by atoms with Crippen LogP contribution in [0, 0.1) is 31.1 Å². The number of aromatic nitrogens is 6. The third-order valence-electron chi connectivity index (χ3n) is 13.5. The van der Waals surface area contributed by atoms with E-state index in [4.69, 9.17) is 19.8 Å². The third-order valence-corrected chi connectivity index (χ3v) is 14.5. The summed E-state index contributed by atoms with van der Waals surface area (Å²) < 4.78 is 10.1. The van der Waals surface area contributed by atoms with Crippen molar-refractivity contribution in [3.05, 3.63) is 65.1 Å². The van der Waals surface area contributed by atoms with Crippen molar-refractivity contribution in [2.75, 3.05) is 49.6 Å². The summed E-state index contributed by atoms with van der Waals surface area (Å²) in [5.74, 6) is 2.07. The average Bonchev–Trinajstić information content (AvgIpc) is 3.80. The molecule has 0 radical (unpaired) electrons. The van der Waals surface area contributed by atoms with Crippen molar-refractivity contribution in [1.29, 1.82) is 0 Å². The largest absolute Gasteiger partial charge is 0.476 e. The maximum atomic E-state index is 12.9. The van der Waals surface area contributed by atoms with Crippen LogP contribution in [-0.2, 0) is 17.7 Å². The maximum Gasteiger partial charge on any atom is 0.355 e. The lowest BCUT2D eigenvalue weighted by molar-refractivity contribution is -0.198. The van der Waals surface area contributed by atoms with Gasteiger partial charge in [0, 0.05) is 54.1 Å². The number of benzene rings is 1. The lowest BCUT2D eigenvalue weighted by Gasteiger charge is -2.61. The first kappa shape index (κ1) is 39.9. The lowest BCUT2D eigenvalue weighted by atomic mass is 9.48. The van der Waals surface area contributed by atoms with E-state index < -0.39 is 12.1 Å². The monoisotopic (exact) mass is 821 g/mol. The summed E-state index contributed by atoms with van der Waals surface area (Å²) in [5, 5.41) is 47.9. The number of para-hydroxylation sites is 1. The first-order valence-electron chi connectivity index (χ1n) is 21.2. The number of aromatic carboxylic acids is 1. The van der Waals surface area contributed by atoms with Crippen molar-refractivity contribution in [2.24, 2.45) is 17.3 Å². The lowest BCUT2D eigenvalue weighted by Crippen LogP contribution is -2.58. The highest BCUT2D eigenvalue weighted by Crippen LogP contribution is 2.63. The Hall–Kier alpha value is -4.54. The highest BCUT2D eigenvalue weighted by atomic mass is 32.1. The minimum Gasteiger partial charge on any atom is -0.476 e. The summed E-state index contributed by atoms with van der Waals surface area (Å²) in [5.41, 5.74) is 5.20. The Morgan fingerprint density at radius 3 is 2.64 bits per heavy atom. The van der Waals surface area contributed by atoms with Gasteiger partial charge in [0.25, 0.3) is 0 Å². The van der Waals surface area contributed by atoms with E-state index in [2.05, 4.69) is 38.1 Å². The molecule has 59 heavy (non-hydrogen) atoms. The Balaban J connectivity index is 0.919. The molecule has 4 aromatic heterocycles. The second-order valence-electron chi connectivity index (χ2n) is 17.6. The van der Waals surface area contributed by atoms with Gasteiger partial charge < -0.3 is 35.2 Å². The van der Waals surface area contributed by atoms with E-state index in [0.29, 0.717) is 54.4 Å². The highest BCUT2D eigenvalue weighted by molar-refractivity contribution is 7.22. The summed E-state index contributed by atoms with van der Waals surface area (Å²) in [4.78, 5) is 26.7. The number of thiazole rings is 1. The van der Waals surface area contributed by atoms with Crippen LogP contribution in [0.5, 0.6) is 0 Å². The molecule has 10 rings (SSSR count). The van der Waals surface area contributed by atoms with Crippen LogP contribution < -0.4 is 10.2 Å². The summed E-state index contributed by atoms with van der Waals surface area (Å²) in [6.07, 6.45) is 10.2. The second-order valence-corrected chi connectivity index (χ2v) is 18.6. The van der Waals surface area contributed by atoms with Gasteiger partial charge in [-0.2, -0.15) is 5.10 Å². The molecule has 5 heterocycles. The van der Waals surface area contributed by atoms with E-state index in [1.54, 1.807) is 11.3 Å². The number of ether oxygens (including phenoxy) is 1. The van der Waals surface area contributed by atoms with Gasteiger partial charge in [-0.3, -0.25) is 4.68 Å². The number of hydrogen-bond donors (Lipinski definition) is 4. The predicted molar refractivity (Wildman–Crippen MR) is 228 cm³/mol. The zero-order valence-electron chi connectivity index (χ0n) is 34.2. The summed E-state index contributed by atoms with van der Waals surface area (Å²) >= 11 is 1.57. The van der Waals surface area contributed by atoms with Crippen LogP contribution in [0.3, 0.4) is 0 Å². The van der Waals surface area contributed by atoms with Crippen molar-refractivity contribution >= 4 is 50.1 Å². The molecule has 4 bridgehead atoms. The van der Waals surface area contributed by atoms with E-state index in [1.807, 2.05) is 55.3 Å². The van der Waals surface area contributed by atoms with Gasteiger partial charge in [0.1, 0.15) is 5.82 Å². The molecule has 4 N–H and O–H groups in total. The number of hydrogen-bond acceptors (Lipinski definition) is 13. The van der Waals surface area contributed by atoms with Gasteiger partial charge in [0.15, 0.2) is 22.5 Å². The molecule has 15 heteroatoms. The van der Waals surface area contributed by atoms with Crippen molar-refractivity contribution in [1.82, 2.24) is 34.8 Å². The fourth-order valence-electron chi connectivity index (χ4n) is 11.1. The molecule has 2 unspecified atom stereocenters. The number of fused-ring (bicyclic) bond motifs is 2. The Bertz CT molecular complexity index is 2300. The van der Waals surface area contributed by atoms with Crippen LogP contribution in [0.25, 0.3) is 21.3 Å². The minimum atomic E-state index is -1.09. The number of nitrogens with one attached hydrogen (secondary N) is 1. The van der Waals surface area contributed by atoms with Crippen LogP contribution in [0.4, 0.5) is 22.6 Å². The minimum absolute atomic E-state index is 0.00905. The number of aliphatic hydroxyl groups is 2. The van der Waals surface area contributed by atoms with Crippen LogP contribution in [0.2, 0.25) is 0 Å². The molecule has 312 valence electrons. The summed E-state index contributed by atoms with van der Waals surface area (Å²) in [7, 11) is 0. The van der Waals surface area contributed by atoms with Crippen molar-refractivity contribution < 1.29 is 24.9 Å². The molecule has 1 aliphatic heterocycles. The van der Waals surface area contributed by atoms with E-state index >= 15 is 0 Å². The Morgan fingerprint density at radius 1 is 1.07 bits per heavy atom. The second kappa shape index (κ2) is 16.1. The van der Waals surface area contributed by atoms with Crippen molar-refractivity contribution in [2.45, 2.75) is 96.8 Å². The summed E-state index contributed by atoms with van der Waals surface area (Å²) in [6, 6.07) is 11.8. The van der Waals surface area contributed by atoms with Gasteiger partial charge in [0.2, 0.25) is 0 Å². The Kier molecular flexibility index (Phi) is 10.9. The molecule has 1 aromatic carbocycles. The van der Waals surface area contributed by atoms with E-state index in [0.717, 1.165) is 96.0 Å². The quantitative estimate of drug-likeness (QED) is 0.0809. The van der Waals surface area contributed by atoms with E-state index in [-0.39, 0.29) is 23.3 Å². The van der Waals surface area contributed by atoms with E-state index in [1.165, 1.54) is 19.3 Å². The maximum absolute atomic E-state index is 12.9. The zero-order chi connectivity index (χ0) is 40.9. The van der Waals surface area contributed by atoms with Crippen LogP contribution in [0.15, 0.2) is 42.6 Å². The molecule has 0 amide bonds. The SMILES string of the molecule is CCN(CCOC12CC3CC(CC(Cn4ncc(-c5ccc(N6CCCc7c6nnc(Nc6nc8ccccc8s6)c7C)nc5C(=O)O)c4C)(C3)C1)C2)CC[C@H](O)CO. The predicted octanol–water partition coefficient (Wildman–Crippen LogP) is 6.91. The Morgan fingerprint density at radius 2 is 1.88 bits per heavy atom. The zero-order valence-corrected chi connectivity index (χ0v) is 35.0. The molecule has 5 aliphatic rings. The normalized spacial score (nSPS) is 23.9. The molecule has 14 nitrogen and oxygen atoms in total.